The number of hydrogen-bond donors (Lipinski definition) is 3. The zero-order chi connectivity index (χ0) is 24.9. The van der Waals surface area contributed by atoms with Crippen LogP contribution in [-0.2, 0) is 21.2 Å². The van der Waals surface area contributed by atoms with E-state index in [4.69, 9.17) is 0 Å². The SMILES string of the molecule is CCC1=C(C)CN(C(=O)NCCc2ccc(S(=O)(=O)NC(=O)Nc3ccc(C)cc3)cc2)C1=O. The summed E-state index contributed by atoms with van der Waals surface area (Å²) < 4.78 is 27.0. The molecule has 0 saturated carbocycles. The first-order valence-corrected chi connectivity index (χ1v) is 12.4. The number of anilines is 1. The fourth-order valence-corrected chi connectivity index (χ4v) is 4.49. The quantitative estimate of drug-likeness (QED) is 0.556. The van der Waals surface area contributed by atoms with Gasteiger partial charge in [-0.3, -0.25) is 9.69 Å². The highest BCUT2D eigenvalue weighted by atomic mass is 32.2. The summed E-state index contributed by atoms with van der Waals surface area (Å²) in [6, 6.07) is 11.7. The normalized spacial score (nSPS) is 13.7. The topological polar surface area (TPSA) is 125 Å². The standard InChI is InChI=1S/C24H28N4O5S/c1-4-21-17(3)15-28(22(21)29)24(31)25-14-13-18-7-11-20(12-8-18)34(32,33)27-23(30)26-19-9-5-16(2)6-10-19/h5-12H,4,13-15H2,1-3H3,(H,25,31)(H2,26,27,30). The number of imide groups is 1. The molecule has 9 nitrogen and oxygen atoms in total. The molecule has 0 fully saturated rings. The third kappa shape index (κ3) is 6.02. The summed E-state index contributed by atoms with van der Waals surface area (Å²) in [7, 11) is -4.05. The van der Waals surface area contributed by atoms with Crippen molar-refractivity contribution < 1.29 is 22.8 Å². The van der Waals surface area contributed by atoms with Crippen molar-refractivity contribution in [1.82, 2.24) is 14.9 Å². The monoisotopic (exact) mass is 484 g/mol. The molecule has 0 atom stereocenters. The molecule has 1 aliphatic heterocycles. The summed E-state index contributed by atoms with van der Waals surface area (Å²) in [4.78, 5) is 37.8. The molecule has 3 rings (SSSR count). The van der Waals surface area contributed by atoms with Gasteiger partial charge in [-0.15, -0.1) is 0 Å². The van der Waals surface area contributed by atoms with Crippen molar-refractivity contribution in [3.8, 4) is 0 Å². The first kappa shape index (κ1) is 25.0. The zero-order valence-corrected chi connectivity index (χ0v) is 20.2. The number of urea groups is 2. The highest BCUT2D eigenvalue weighted by molar-refractivity contribution is 7.90. The Balaban J connectivity index is 1.50. The van der Waals surface area contributed by atoms with E-state index in [-0.39, 0.29) is 17.3 Å². The second kappa shape index (κ2) is 10.5. The molecule has 0 unspecified atom stereocenters. The smallest absolute Gasteiger partial charge is 0.333 e. The van der Waals surface area contributed by atoms with Crippen LogP contribution in [-0.4, -0.2) is 44.4 Å². The molecule has 3 N–H and O–H groups in total. The van der Waals surface area contributed by atoms with Crippen molar-refractivity contribution >= 4 is 33.7 Å². The van der Waals surface area contributed by atoms with Crippen LogP contribution in [0.5, 0.6) is 0 Å². The Labute approximate surface area is 199 Å². The van der Waals surface area contributed by atoms with E-state index in [1.165, 1.54) is 17.0 Å². The van der Waals surface area contributed by atoms with E-state index in [9.17, 15) is 22.8 Å². The first-order chi connectivity index (χ1) is 16.1. The van der Waals surface area contributed by atoms with Crippen molar-refractivity contribution in [2.24, 2.45) is 0 Å². The van der Waals surface area contributed by atoms with Crippen molar-refractivity contribution in [3.63, 3.8) is 0 Å². The minimum Gasteiger partial charge on any atom is -0.337 e. The minimum absolute atomic E-state index is 0.0596. The largest absolute Gasteiger partial charge is 0.337 e. The lowest BCUT2D eigenvalue weighted by Gasteiger charge is -2.16. The van der Waals surface area contributed by atoms with E-state index in [0.29, 0.717) is 30.6 Å². The van der Waals surface area contributed by atoms with Crippen LogP contribution < -0.4 is 15.4 Å². The van der Waals surface area contributed by atoms with Gasteiger partial charge in [0.05, 0.1) is 11.4 Å². The Morgan fingerprint density at radius 1 is 1.00 bits per heavy atom. The second-order valence-corrected chi connectivity index (χ2v) is 9.74. The number of aryl methyl sites for hydroxylation is 1. The number of rotatable bonds is 7. The lowest BCUT2D eigenvalue weighted by Crippen LogP contribution is -2.42. The predicted octanol–water partition coefficient (Wildman–Crippen LogP) is 3.33. The highest BCUT2D eigenvalue weighted by Gasteiger charge is 2.31. The van der Waals surface area contributed by atoms with Crippen molar-refractivity contribution in [2.45, 2.75) is 38.5 Å². The molecule has 0 aromatic heterocycles. The molecule has 0 aliphatic carbocycles. The maximum Gasteiger partial charge on any atom is 0.333 e. The van der Waals surface area contributed by atoms with Crippen LogP contribution in [0.15, 0.2) is 64.6 Å². The van der Waals surface area contributed by atoms with E-state index in [0.717, 1.165) is 16.7 Å². The molecule has 34 heavy (non-hydrogen) atoms. The van der Waals surface area contributed by atoms with Crippen molar-refractivity contribution in [1.29, 1.82) is 0 Å². The van der Waals surface area contributed by atoms with Crippen LogP contribution in [0.2, 0.25) is 0 Å². The van der Waals surface area contributed by atoms with Crippen LogP contribution in [0.4, 0.5) is 15.3 Å². The van der Waals surface area contributed by atoms with Crippen LogP contribution >= 0.6 is 0 Å². The molecule has 5 amide bonds. The Morgan fingerprint density at radius 3 is 2.24 bits per heavy atom. The van der Waals surface area contributed by atoms with E-state index in [2.05, 4.69) is 10.6 Å². The molecule has 2 aromatic rings. The average molecular weight is 485 g/mol. The van der Waals surface area contributed by atoms with Crippen molar-refractivity contribution in [2.75, 3.05) is 18.4 Å². The van der Waals surface area contributed by atoms with Gasteiger partial charge in [-0.25, -0.2) is 22.7 Å². The highest BCUT2D eigenvalue weighted by Crippen LogP contribution is 2.21. The molecular weight excluding hydrogens is 456 g/mol. The molecule has 0 saturated heterocycles. The van der Waals surface area contributed by atoms with Gasteiger partial charge in [0.1, 0.15) is 0 Å². The molecule has 0 radical (unpaired) electrons. The molecule has 10 heteroatoms. The number of sulfonamides is 1. The molecule has 2 aromatic carbocycles. The summed E-state index contributed by atoms with van der Waals surface area (Å²) >= 11 is 0. The molecule has 180 valence electrons. The summed E-state index contributed by atoms with van der Waals surface area (Å²) in [5.74, 6) is -0.258. The van der Waals surface area contributed by atoms with Gasteiger partial charge in [0.2, 0.25) is 0 Å². The van der Waals surface area contributed by atoms with Crippen LogP contribution in [0.1, 0.15) is 31.4 Å². The van der Waals surface area contributed by atoms with Gasteiger partial charge in [-0.1, -0.05) is 36.8 Å². The fourth-order valence-electron chi connectivity index (χ4n) is 3.59. The molecule has 0 bridgehead atoms. The van der Waals surface area contributed by atoms with Gasteiger partial charge < -0.3 is 10.6 Å². The average Bonchev–Trinajstić information content (AvgIpc) is 3.08. The van der Waals surface area contributed by atoms with Gasteiger partial charge in [-0.2, -0.15) is 0 Å². The fraction of sp³-hybridized carbons (Fsp3) is 0.292. The van der Waals surface area contributed by atoms with E-state index >= 15 is 0 Å². The second-order valence-electron chi connectivity index (χ2n) is 8.06. The van der Waals surface area contributed by atoms with Gasteiger partial charge in [0, 0.05) is 17.8 Å². The van der Waals surface area contributed by atoms with Crippen LogP contribution in [0.3, 0.4) is 0 Å². The molecule has 1 aliphatic rings. The number of benzene rings is 2. The summed E-state index contributed by atoms with van der Waals surface area (Å²) in [5, 5.41) is 5.20. The van der Waals surface area contributed by atoms with Crippen LogP contribution in [0, 0.1) is 6.92 Å². The van der Waals surface area contributed by atoms with Gasteiger partial charge >= 0.3 is 12.1 Å². The van der Waals surface area contributed by atoms with Gasteiger partial charge in [0.15, 0.2) is 0 Å². The lowest BCUT2D eigenvalue weighted by atomic mass is 10.1. The Bertz CT molecular complexity index is 1220. The summed E-state index contributed by atoms with van der Waals surface area (Å²) in [6.45, 7) is 6.21. The number of nitrogens with one attached hydrogen (secondary N) is 3. The van der Waals surface area contributed by atoms with E-state index in [1.807, 2.05) is 25.5 Å². The van der Waals surface area contributed by atoms with Gasteiger partial charge in [-0.05, 0) is 62.1 Å². The van der Waals surface area contributed by atoms with E-state index < -0.39 is 22.1 Å². The van der Waals surface area contributed by atoms with Crippen LogP contribution in [0.25, 0.3) is 0 Å². The number of amides is 5. The number of nitrogens with zero attached hydrogens (tertiary/aromatic N) is 1. The Morgan fingerprint density at radius 2 is 1.65 bits per heavy atom. The molecule has 1 heterocycles. The minimum atomic E-state index is -4.05. The van der Waals surface area contributed by atoms with E-state index in [1.54, 1.807) is 36.4 Å². The number of carbonyl (C=O) groups is 3. The van der Waals surface area contributed by atoms with Gasteiger partial charge in [0.25, 0.3) is 15.9 Å². The first-order valence-electron chi connectivity index (χ1n) is 10.9. The lowest BCUT2D eigenvalue weighted by molar-refractivity contribution is -0.123. The number of hydrogen-bond acceptors (Lipinski definition) is 5. The summed E-state index contributed by atoms with van der Waals surface area (Å²) in [5.41, 5.74) is 3.86. The third-order valence-electron chi connectivity index (χ3n) is 5.47. The predicted molar refractivity (Wildman–Crippen MR) is 129 cm³/mol. The molecular formula is C24H28N4O5S. The Kier molecular flexibility index (Phi) is 7.72. The summed E-state index contributed by atoms with van der Waals surface area (Å²) in [6.07, 6.45) is 1.04. The number of carbonyl (C=O) groups excluding carboxylic acids is 3. The Hall–Kier alpha value is -3.66. The third-order valence-corrected chi connectivity index (χ3v) is 6.82. The maximum absolute atomic E-state index is 12.5. The zero-order valence-electron chi connectivity index (χ0n) is 19.3. The molecule has 0 spiro atoms. The van der Waals surface area contributed by atoms with Crippen molar-refractivity contribution in [3.05, 3.63) is 70.8 Å². The maximum atomic E-state index is 12.5.